The number of halogens is 1. The number of aryl methyl sites for hydroxylation is 1. The smallest absolute Gasteiger partial charge is 0.240 e. The van der Waals surface area contributed by atoms with E-state index >= 15 is 0 Å². The van der Waals surface area contributed by atoms with E-state index in [-0.39, 0.29) is 18.4 Å². The molecule has 0 radical (unpaired) electrons. The summed E-state index contributed by atoms with van der Waals surface area (Å²) in [4.78, 5) is 12.4. The largest absolute Gasteiger partial charge is 0.354 e. The lowest BCUT2D eigenvalue weighted by Crippen LogP contribution is -2.41. The van der Waals surface area contributed by atoms with Gasteiger partial charge in [0.2, 0.25) is 15.9 Å². The molecule has 0 bridgehead atoms. The van der Waals surface area contributed by atoms with Gasteiger partial charge in [-0.05, 0) is 36.1 Å². The molecule has 0 heterocycles. The number of sulfonamides is 1. The quantitative estimate of drug-likeness (QED) is 0.783. The van der Waals surface area contributed by atoms with Gasteiger partial charge in [0.1, 0.15) is 6.54 Å². The monoisotopic (exact) mass is 394 g/mol. The number of rotatable bonds is 7. The van der Waals surface area contributed by atoms with Crippen LogP contribution in [0.4, 0.5) is 5.69 Å². The minimum Gasteiger partial charge on any atom is -0.354 e. The van der Waals surface area contributed by atoms with Gasteiger partial charge >= 0.3 is 0 Å². The Morgan fingerprint density at radius 3 is 2.46 bits per heavy atom. The van der Waals surface area contributed by atoms with Gasteiger partial charge in [0.15, 0.2) is 0 Å². The molecule has 0 saturated carbocycles. The number of carbonyl (C=O) groups excluding carboxylic acids is 1. The van der Waals surface area contributed by atoms with Gasteiger partial charge in [-0.25, -0.2) is 8.42 Å². The summed E-state index contributed by atoms with van der Waals surface area (Å²) in [5.74, 6) is -0.239. The number of carbonyl (C=O) groups is 1. The molecule has 0 aliphatic rings. The Morgan fingerprint density at radius 1 is 1.19 bits per heavy atom. The van der Waals surface area contributed by atoms with E-state index in [9.17, 15) is 13.2 Å². The lowest BCUT2D eigenvalue weighted by molar-refractivity contribution is -0.119. The highest BCUT2D eigenvalue weighted by Crippen LogP contribution is 2.26. The maximum Gasteiger partial charge on any atom is 0.240 e. The molecule has 0 aliphatic heterocycles. The van der Waals surface area contributed by atoms with Gasteiger partial charge in [0, 0.05) is 11.6 Å². The molecule has 0 unspecified atom stereocenters. The van der Waals surface area contributed by atoms with Crippen LogP contribution in [0.1, 0.15) is 24.0 Å². The fraction of sp³-hybridized carbons (Fsp3) is 0.316. The molecule has 5 nitrogen and oxygen atoms in total. The van der Waals surface area contributed by atoms with Gasteiger partial charge < -0.3 is 5.32 Å². The summed E-state index contributed by atoms with van der Waals surface area (Å²) in [5.41, 5.74) is 2.25. The number of anilines is 1. The molecular weight excluding hydrogens is 372 g/mol. The maximum atomic E-state index is 12.4. The molecule has 140 valence electrons. The topological polar surface area (TPSA) is 66.5 Å². The van der Waals surface area contributed by atoms with Crippen LogP contribution in [0.25, 0.3) is 0 Å². The zero-order valence-electron chi connectivity index (χ0n) is 15.1. The van der Waals surface area contributed by atoms with E-state index in [0.717, 1.165) is 21.7 Å². The maximum absolute atomic E-state index is 12.4. The van der Waals surface area contributed by atoms with Gasteiger partial charge in [0.05, 0.1) is 11.9 Å². The van der Waals surface area contributed by atoms with Gasteiger partial charge in [-0.15, -0.1) is 0 Å². The first-order valence-corrected chi connectivity index (χ1v) is 10.5. The number of nitrogens with zero attached hydrogens (tertiary/aromatic N) is 1. The van der Waals surface area contributed by atoms with Crippen LogP contribution >= 0.6 is 11.6 Å². The van der Waals surface area contributed by atoms with Crippen molar-refractivity contribution in [2.45, 2.75) is 19.8 Å². The van der Waals surface area contributed by atoms with Crippen LogP contribution in [0, 0.1) is 6.92 Å². The molecule has 1 N–H and O–H groups in total. The third-order valence-corrected chi connectivity index (χ3v) is 5.46. The van der Waals surface area contributed by atoms with Crippen molar-refractivity contribution in [2.75, 3.05) is 23.7 Å². The van der Waals surface area contributed by atoms with Crippen molar-refractivity contribution >= 4 is 33.2 Å². The molecule has 2 aromatic carbocycles. The SMILES string of the molecule is Cc1ccc(Cl)cc1N(CC(=O)NC[C@H](C)c1ccccc1)S(C)(=O)=O. The molecular formula is C19H23ClN2O3S. The van der Waals surface area contributed by atoms with Crippen LogP contribution in [-0.4, -0.2) is 33.7 Å². The molecule has 0 aliphatic carbocycles. The average Bonchev–Trinajstić information content (AvgIpc) is 2.59. The molecule has 26 heavy (non-hydrogen) atoms. The minimum absolute atomic E-state index is 0.125. The normalized spacial score (nSPS) is 12.5. The predicted molar refractivity (Wildman–Crippen MR) is 106 cm³/mol. The fourth-order valence-corrected chi connectivity index (χ4v) is 3.66. The standard InChI is InChI=1S/C19H23ClN2O3S/c1-14-9-10-17(20)11-18(14)22(26(3,24)25)13-19(23)21-12-15(2)16-7-5-4-6-8-16/h4-11,15H,12-13H2,1-3H3,(H,21,23)/t15-/m0/s1. The second-order valence-corrected chi connectivity index (χ2v) is 8.66. The van der Waals surface area contributed by atoms with Crippen LogP contribution in [0.3, 0.4) is 0 Å². The van der Waals surface area contributed by atoms with E-state index in [1.54, 1.807) is 25.1 Å². The molecule has 2 rings (SSSR count). The Hall–Kier alpha value is -2.05. The average molecular weight is 395 g/mol. The van der Waals surface area contributed by atoms with Crippen molar-refractivity contribution in [3.63, 3.8) is 0 Å². The first kappa shape index (κ1) is 20.3. The van der Waals surface area contributed by atoms with E-state index in [1.165, 1.54) is 0 Å². The molecule has 0 spiro atoms. The highest BCUT2D eigenvalue weighted by atomic mass is 35.5. The zero-order chi connectivity index (χ0) is 19.3. The first-order valence-electron chi connectivity index (χ1n) is 8.24. The molecule has 1 atom stereocenters. The van der Waals surface area contributed by atoms with E-state index in [0.29, 0.717) is 17.3 Å². The fourth-order valence-electron chi connectivity index (χ4n) is 2.58. The lowest BCUT2D eigenvalue weighted by atomic mass is 10.0. The lowest BCUT2D eigenvalue weighted by Gasteiger charge is -2.24. The van der Waals surface area contributed by atoms with Crippen LogP contribution in [-0.2, 0) is 14.8 Å². The summed E-state index contributed by atoms with van der Waals surface area (Å²) < 4.78 is 25.5. The third kappa shape index (κ3) is 5.47. The Balaban J connectivity index is 2.09. The Morgan fingerprint density at radius 2 is 1.85 bits per heavy atom. The Kier molecular flexibility index (Phi) is 6.67. The molecule has 2 aromatic rings. The van der Waals surface area contributed by atoms with Crippen molar-refractivity contribution in [2.24, 2.45) is 0 Å². The summed E-state index contributed by atoms with van der Waals surface area (Å²) in [7, 11) is -3.63. The van der Waals surface area contributed by atoms with E-state index < -0.39 is 10.0 Å². The van der Waals surface area contributed by atoms with Crippen molar-refractivity contribution in [3.05, 3.63) is 64.7 Å². The number of amides is 1. The third-order valence-electron chi connectivity index (χ3n) is 4.10. The van der Waals surface area contributed by atoms with Gasteiger partial charge in [0.25, 0.3) is 0 Å². The van der Waals surface area contributed by atoms with Crippen LogP contribution in [0.15, 0.2) is 48.5 Å². The summed E-state index contributed by atoms with van der Waals surface area (Å²) in [6.07, 6.45) is 1.08. The Bertz CT molecular complexity index is 870. The van der Waals surface area contributed by atoms with Crippen molar-refractivity contribution in [1.29, 1.82) is 0 Å². The van der Waals surface area contributed by atoms with E-state index in [2.05, 4.69) is 5.32 Å². The number of hydrogen-bond donors (Lipinski definition) is 1. The summed E-state index contributed by atoms with van der Waals surface area (Å²) in [6.45, 7) is 3.92. The second-order valence-electron chi connectivity index (χ2n) is 6.32. The zero-order valence-corrected chi connectivity index (χ0v) is 16.6. The summed E-state index contributed by atoms with van der Waals surface area (Å²) in [6, 6.07) is 14.8. The second kappa shape index (κ2) is 8.56. The molecule has 0 saturated heterocycles. The van der Waals surface area contributed by atoms with Gasteiger partial charge in [-0.3, -0.25) is 9.10 Å². The number of hydrogen-bond acceptors (Lipinski definition) is 3. The number of benzene rings is 2. The Labute approximate surface area is 160 Å². The van der Waals surface area contributed by atoms with Gasteiger partial charge in [-0.1, -0.05) is 54.9 Å². The highest BCUT2D eigenvalue weighted by molar-refractivity contribution is 7.92. The van der Waals surface area contributed by atoms with Crippen molar-refractivity contribution in [3.8, 4) is 0 Å². The van der Waals surface area contributed by atoms with Crippen molar-refractivity contribution in [1.82, 2.24) is 5.32 Å². The molecule has 0 fully saturated rings. The summed E-state index contributed by atoms with van der Waals surface area (Å²) >= 11 is 6.00. The van der Waals surface area contributed by atoms with E-state index in [1.807, 2.05) is 37.3 Å². The van der Waals surface area contributed by atoms with Crippen LogP contribution < -0.4 is 9.62 Å². The number of nitrogens with one attached hydrogen (secondary N) is 1. The van der Waals surface area contributed by atoms with Crippen LogP contribution in [0.5, 0.6) is 0 Å². The van der Waals surface area contributed by atoms with Crippen LogP contribution in [0.2, 0.25) is 5.02 Å². The molecule has 1 amide bonds. The molecule has 7 heteroatoms. The van der Waals surface area contributed by atoms with Crippen molar-refractivity contribution < 1.29 is 13.2 Å². The predicted octanol–water partition coefficient (Wildman–Crippen LogP) is 3.33. The first-order chi connectivity index (χ1) is 12.2. The van der Waals surface area contributed by atoms with Gasteiger partial charge in [-0.2, -0.15) is 0 Å². The summed E-state index contributed by atoms with van der Waals surface area (Å²) in [5, 5.41) is 3.22. The molecule has 0 aromatic heterocycles. The minimum atomic E-state index is -3.63. The van der Waals surface area contributed by atoms with E-state index in [4.69, 9.17) is 11.6 Å². The highest BCUT2D eigenvalue weighted by Gasteiger charge is 2.23.